The first-order valence-corrected chi connectivity index (χ1v) is 11.8. The number of aliphatic carboxylic acids is 1. The quantitative estimate of drug-likeness (QED) is 0.324. The molecule has 0 aliphatic carbocycles. The number of aromatic nitrogens is 4. The van der Waals surface area contributed by atoms with Crippen molar-refractivity contribution in [2.24, 2.45) is 0 Å². The first-order chi connectivity index (χ1) is 16.8. The van der Waals surface area contributed by atoms with Gasteiger partial charge in [-0.3, -0.25) is 13.9 Å². The number of nitrogens with zero attached hydrogens (tertiary/aromatic N) is 3. The van der Waals surface area contributed by atoms with E-state index in [-0.39, 0.29) is 18.2 Å². The van der Waals surface area contributed by atoms with Gasteiger partial charge in [0, 0.05) is 33.4 Å². The van der Waals surface area contributed by atoms with E-state index < -0.39 is 12.0 Å². The molecule has 0 spiro atoms. The second-order valence-corrected chi connectivity index (χ2v) is 9.34. The SMILES string of the molecule is Cc1ccc2c(n1)n(C(CC(=O)O)c1ccc(Cl)cc1)c(=O)n2C(C)c1c[nH]c2cccc(C)c12. The summed E-state index contributed by atoms with van der Waals surface area (Å²) < 4.78 is 3.22. The molecule has 0 aliphatic heterocycles. The van der Waals surface area contributed by atoms with Crippen molar-refractivity contribution in [2.45, 2.75) is 39.3 Å². The Hall–Kier alpha value is -3.84. The van der Waals surface area contributed by atoms with Crippen LogP contribution in [0.5, 0.6) is 0 Å². The smallest absolute Gasteiger partial charge is 0.331 e. The lowest BCUT2D eigenvalue weighted by molar-refractivity contribution is -0.137. The lowest BCUT2D eigenvalue weighted by Gasteiger charge is -2.18. The second-order valence-electron chi connectivity index (χ2n) is 8.90. The number of aryl methyl sites for hydroxylation is 2. The van der Waals surface area contributed by atoms with Crippen molar-refractivity contribution in [3.63, 3.8) is 0 Å². The molecule has 2 unspecified atom stereocenters. The van der Waals surface area contributed by atoms with Gasteiger partial charge < -0.3 is 10.1 Å². The third-order valence-corrected chi connectivity index (χ3v) is 6.86. The fraction of sp³-hybridized carbons (Fsp3) is 0.222. The number of carbonyl (C=O) groups is 1. The van der Waals surface area contributed by atoms with Crippen LogP contribution in [-0.4, -0.2) is 30.2 Å². The third kappa shape index (κ3) is 3.91. The lowest BCUT2D eigenvalue weighted by Crippen LogP contribution is -2.31. The zero-order chi connectivity index (χ0) is 24.9. The van der Waals surface area contributed by atoms with Gasteiger partial charge in [-0.25, -0.2) is 9.78 Å². The fourth-order valence-corrected chi connectivity index (χ4v) is 5.07. The lowest BCUT2D eigenvalue weighted by atomic mass is 10.0. The first kappa shape index (κ1) is 22.9. The Balaban J connectivity index is 1.78. The van der Waals surface area contributed by atoms with Crippen LogP contribution in [0.2, 0.25) is 5.02 Å². The highest BCUT2D eigenvalue weighted by Gasteiger charge is 2.28. The Morgan fingerprint density at radius 3 is 2.54 bits per heavy atom. The van der Waals surface area contributed by atoms with E-state index in [1.807, 2.05) is 57.3 Å². The van der Waals surface area contributed by atoms with Crippen molar-refractivity contribution < 1.29 is 9.90 Å². The number of carboxylic acid groups (broad SMARTS) is 1. The average molecular weight is 489 g/mol. The molecule has 5 rings (SSSR count). The number of H-pyrrole nitrogens is 1. The van der Waals surface area contributed by atoms with Gasteiger partial charge in [0.25, 0.3) is 0 Å². The van der Waals surface area contributed by atoms with Crippen molar-refractivity contribution in [1.82, 2.24) is 19.1 Å². The van der Waals surface area contributed by atoms with Crippen LogP contribution in [0.15, 0.2) is 65.6 Å². The zero-order valence-corrected chi connectivity index (χ0v) is 20.4. The van der Waals surface area contributed by atoms with Crippen molar-refractivity contribution in [3.05, 3.63) is 98.7 Å². The summed E-state index contributed by atoms with van der Waals surface area (Å²) in [6.07, 6.45) is 1.67. The van der Waals surface area contributed by atoms with Crippen LogP contribution in [0.3, 0.4) is 0 Å². The number of fused-ring (bicyclic) bond motifs is 2. The summed E-state index contributed by atoms with van der Waals surface area (Å²) in [4.78, 5) is 34.0. The number of imidazole rings is 1. The molecule has 3 aromatic heterocycles. The highest BCUT2D eigenvalue weighted by Crippen LogP contribution is 2.32. The summed E-state index contributed by atoms with van der Waals surface area (Å²) in [5.74, 6) is -1.01. The molecule has 178 valence electrons. The number of aromatic amines is 1. The van der Waals surface area contributed by atoms with Gasteiger partial charge in [-0.05, 0) is 62.2 Å². The van der Waals surface area contributed by atoms with Crippen LogP contribution in [0.4, 0.5) is 0 Å². The van der Waals surface area contributed by atoms with E-state index >= 15 is 0 Å². The van der Waals surface area contributed by atoms with Crippen molar-refractivity contribution in [3.8, 4) is 0 Å². The van der Waals surface area contributed by atoms with Crippen LogP contribution >= 0.6 is 11.6 Å². The standard InChI is InChI=1S/C27H25ClN4O3/c1-15-5-4-6-21-25(15)20(14-29-21)17(3)31-22-12-7-16(2)30-26(22)32(27(31)35)23(13-24(33)34)18-8-10-19(28)11-9-18/h4-12,14,17,23,29H,13H2,1-3H3,(H,33,34). The molecule has 5 aromatic rings. The third-order valence-electron chi connectivity index (χ3n) is 6.61. The molecular weight excluding hydrogens is 464 g/mol. The van der Waals surface area contributed by atoms with Gasteiger partial charge in [0.1, 0.15) is 0 Å². The summed E-state index contributed by atoms with van der Waals surface area (Å²) in [5, 5.41) is 11.3. The van der Waals surface area contributed by atoms with Crippen LogP contribution in [0.1, 0.15) is 47.8 Å². The molecule has 7 nitrogen and oxygen atoms in total. The molecule has 2 atom stereocenters. The Morgan fingerprint density at radius 2 is 1.83 bits per heavy atom. The van der Waals surface area contributed by atoms with Gasteiger partial charge in [0.2, 0.25) is 0 Å². The maximum atomic E-state index is 14.1. The fourth-order valence-electron chi connectivity index (χ4n) is 4.94. The molecule has 0 amide bonds. The van der Waals surface area contributed by atoms with E-state index in [9.17, 15) is 14.7 Å². The predicted molar refractivity (Wildman–Crippen MR) is 137 cm³/mol. The second kappa shape index (κ2) is 8.74. The highest BCUT2D eigenvalue weighted by atomic mass is 35.5. The topological polar surface area (TPSA) is 92.9 Å². The first-order valence-electron chi connectivity index (χ1n) is 11.4. The minimum atomic E-state index is -1.01. The van der Waals surface area contributed by atoms with Gasteiger partial charge in [-0.15, -0.1) is 0 Å². The predicted octanol–water partition coefficient (Wildman–Crippen LogP) is 5.62. The minimum Gasteiger partial charge on any atom is -0.481 e. The summed E-state index contributed by atoms with van der Waals surface area (Å²) >= 11 is 6.07. The molecule has 2 aromatic carbocycles. The summed E-state index contributed by atoms with van der Waals surface area (Å²) in [5.41, 5.74) is 5.32. The van der Waals surface area contributed by atoms with Gasteiger partial charge in [0.05, 0.1) is 24.0 Å². The molecule has 0 bridgehead atoms. The van der Waals surface area contributed by atoms with E-state index in [0.29, 0.717) is 21.7 Å². The summed E-state index contributed by atoms with van der Waals surface area (Å²) in [7, 11) is 0. The molecule has 0 saturated heterocycles. The Morgan fingerprint density at radius 1 is 1.09 bits per heavy atom. The molecule has 0 radical (unpaired) electrons. The van der Waals surface area contributed by atoms with Crippen LogP contribution < -0.4 is 5.69 Å². The maximum Gasteiger partial charge on any atom is 0.331 e. The molecule has 0 fully saturated rings. The molecular formula is C27H25ClN4O3. The average Bonchev–Trinajstić information content (AvgIpc) is 3.37. The Kier molecular flexibility index (Phi) is 5.73. The van der Waals surface area contributed by atoms with Crippen LogP contribution in [-0.2, 0) is 4.79 Å². The van der Waals surface area contributed by atoms with Crippen LogP contribution in [0.25, 0.3) is 22.1 Å². The van der Waals surface area contributed by atoms with E-state index in [0.717, 1.165) is 27.7 Å². The Bertz CT molecular complexity index is 1630. The monoisotopic (exact) mass is 488 g/mol. The number of rotatable bonds is 6. The van der Waals surface area contributed by atoms with Crippen LogP contribution in [0, 0.1) is 13.8 Å². The largest absolute Gasteiger partial charge is 0.481 e. The van der Waals surface area contributed by atoms with E-state index in [1.54, 1.807) is 28.8 Å². The highest BCUT2D eigenvalue weighted by molar-refractivity contribution is 6.30. The number of hydrogen-bond donors (Lipinski definition) is 2. The van der Waals surface area contributed by atoms with E-state index in [1.165, 1.54) is 4.57 Å². The number of pyridine rings is 1. The van der Waals surface area contributed by atoms with Gasteiger partial charge in [0.15, 0.2) is 5.65 Å². The van der Waals surface area contributed by atoms with Crippen molar-refractivity contribution in [1.29, 1.82) is 0 Å². The molecule has 35 heavy (non-hydrogen) atoms. The number of carboxylic acids is 1. The summed E-state index contributed by atoms with van der Waals surface area (Å²) in [6.45, 7) is 5.88. The Labute approximate surface area is 206 Å². The molecule has 2 N–H and O–H groups in total. The molecule has 0 aliphatic rings. The maximum absolute atomic E-state index is 14.1. The number of benzene rings is 2. The zero-order valence-electron chi connectivity index (χ0n) is 19.6. The normalized spacial score (nSPS) is 13.4. The van der Waals surface area contributed by atoms with Crippen molar-refractivity contribution >= 4 is 39.6 Å². The van der Waals surface area contributed by atoms with Gasteiger partial charge >= 0.3 is 11.7 Å². The van der Waals surface area contributed by atoms with E-state index in [2.05, 4.69) is 9.97 Å². The number of hydrogen-bond acceptors (Lipinski definition) is 3. The minimum absolute atomic E-state index is 0.267. The van der Waals surface area contributed by atoms with Gasteiger partial charge in [-0.1, -0.05) is 35.9 Å². The molecule has 8 heteroatoms. The molecule has 3 heterocycles. The number of nitrogens with one attached hydrogen (secondary N) is 1. The van der Waals surface area contributed by atoms with E-state index in [4.69, 9.17) is 11.6 Å². The molecule has 0 saturated carbocycles. The number of halogens is 1. The van der Waals surface area contributed by atoms with Gasteiger partial charge in [-0.2, -0.15) is 0 Å². The van der Waals surface area contributed by atoms with Crippen molar-refractivity contribution in [2.75, 3.05) is 0 Å². The summed E-state index contributed by atoms with van der Waals surface area (Å²) in [6, 6.07) is 15.7.